The van der Waals surface area contributed by atoms with Gasteiger partial charge in [0, 0.05) is 24.4 Å². The van der Waals surface area contributed by atoms with E-state index in [9.17, 15) is 32.4 Å². The average molecular weight is 692 g/mol. The minimum atomic E-state index is -3.56. The third kappa shape index (κ3) is 8.79. The summed E-state index contributed by atoms with van der Waals surface area (Å²) in [7, 11) is -3.56. The van der Waals surface area contributed by atoms with E-state index in [1.165, 1.54) is 4.90 Å². The Hall–Kier alpha value is -2.96. The first kappa shape index (κ1) is 37.9. The number of carbonyl (C=O) groups is 5. The van der Waals surface area contributed by atoms with Crippen molar-refractivity contribution >= 4 is 39.4 Å². The topological polar surface area (TPSA) is 171 Å². The van der Waals surface area contributed by atoms with Crippen LogP contribution in [0.5, 0.6) is 0 Å². The summed E-state index contributed by atoms with van der Waals surface area (Å²) in [5.41, 5.74) is -1.72. The highest BCUT2D eigenvalue weighted by atomic mass is 32.2. The van der Waals surface area contributed by atoms with Gasteiger partial charge in [-0.1, -0.05) is 72.0 Å². The van der Waals surface area contributed by atoms with E-state index in [4.69, 9.17) is 0 Å². The molecule has 0 aromatic rings. The van der Waals surface area contributed by atoms with E-state index >= 15 is 0 Å². The fourth-order valence-corrected chi connectivity index (χ4v) is 8.45. The summed E-state index contributed by atoms with van der Waals surface area (Å²) in [6.07, 6.45) is 10.8. The smallest absolute Gasteiger partial charge is 0.315 e. The quantitative estimate of drug-likeness (QED) is 0.170. The summed E-state index contributed by atoms with van der Waals surface area (Å²) in [6, 6.07) is -3.57. The van der Waals surface area contributed by atoms with Crippen molar-refractivity contribution in [1.82, 2.24) is 26.2 Å². The molecule has 270 valence electrons. The molecule has 2 saturated carbocycles. The maximum Gasteiger partial charge on any atom is 0.315 e. The van der Waals surface area contributed by atoms with Gasteiger partial charge in [0.2, 0.25) is 17.6 Å². The van der Waals surface area contributed by atoms with Gasteiger partial charge in [0.15, 0.2) is 9.84 Å². The number of unbranched alkanes of at least 4 members (excludes halogenated alkanes) is 1. The second-order valence-electron chi connectivity index (χ2n) is 16.5. The Balaban J connectivity index is 1.52. The standard InChI is InChI=1S/C35H57N5O7S/c1-8-9-13-25(27(41)30(43)36-23-15-16-23)37-29(42)26-24-17-14-22(24)20-40(26)31(44)28(33(2,3)4)38-32(45)39-35(18-11-10-12-19-35)21-48(46,47)34(5,6)7/h14,17,22-26,28H,8-13,15-16,18-21H2,1-7H3,(H,36,43)(H,37,42)(H2,38,39,45)/t22-,24-,25+,26-,28+/m0/s1. The van der Waals surface area contributed by atoms with Gasteiger partial charge in [-0.15, -0.1) is 0 Å². The lowest BCUT2D eigenvalue weighted by Gasteiger charge is -2.41. The van der Waals surface area contributed by atoms with Gasteiger partial charge in [-0.2, -0.15) is 0 Å². The van der Waals surface area contributed by atoms with E-state index in [1.807, 2.05) is 39.8 Å². The van der Waals surface area contributed by atoms with Gasteiger partial charge in [-0.25, -0.2) is 13.2 Å². The molecule has 48 heavy (non-hydrogen) atoms. The number of carbonyl (C=O) groups excluding carboxylic acids is 5. The molecule has 0 aromatic carbocycles. The maximum absolute atomic E-state index is 14.4. The van der Waals surface area contributed by atoms with Crippen LogP contribution in [0.4, 0.5) is 4.79 Å². The fraction of sp³-hybridized carbons (Fsp3) is 0.800. The second-order valence-corrected chi connectivity index (χ2v) is 19.2. The zero-order chi connectivity index (χ0) is 35.7. The molecule has 0 aromatic heterocycles. The van der Waals surface area contributed by atoms with Crippen molar-refractivity contribution in [2.45, 2.75) is 147 Å². The summed E-state index contributed by atoms with van der Waals surface area (Å²) in [5.74, 6) is -2.80. The van der Waals surface area contributed by atoms with Gasteiger partial charge in [0.25, 0.3) is 5.91 Å². The average Bonchev–Trinajstić information content (AvgIpc) is 3.74. The lowest BCUT2D eigenvalue weighted by atomic mass is 9.80. The molecule has 5 amide bonds. The van der Waals surface area contributed by atoms with Crippen LogP contribution in [0.25, 0.3) is 0 Å². The number of nitrogens with zero attached hydrogens (tertiary/aromatic N) is 1. The van der Waals surface area contributed by atoms with Crippen molar-refractivity contribution in [3.63, 3.8) is 0 Å². The summed E-state index contributed by atoms with van der Waals surface area (Å²) in [4.78, 5) is 69.2. The predicted molar refractivity (Wildman–Crippen MR) is 184 cm³/mol. The van der Waals surface area contributed by atoms with Crippen LogP contribution in [0.1, 0.15) is 113 Å². The Morgan fingerprint density at radius 3 is 2.10 bits per heavy atom. The molecule has 0 bridgehead atoms. The van der Waals surface area contributed by atoms with Crippen LogP contribution in [0.3, 0.4) is 0 Å². The number of sulfone groups is 1. The van der Waals surface area contributed by atoms with Crippen molar-refractivity contribution in [1.29, 1.82) is 0 Å². The third-order valence-electron chi connectivity index (χ3n) is 10.3. The third-order valence-corrected chi connectivity index (χ3v) is 13.1. The number of ketones is 1. The molecule has 0 unspecified atom stereocenters. The minimum Gasteiger partial charge on any atom is -0.347 e. The molecule has 0 radical (unpaired) electrons. The summed E-state index contributed by atoms with van der Waals surface area (Å²) in [6.45, 7) is 12.7. The van der Waals surface area contributed by atoms with Crippen LogP contribution in [0.2, 0.25) is 0 Å². The first-order valence-electron chi connectivity index (χ1n) is 17.7. The summed E-state index contributed by atoms with van der Waals surface area (Å²) in [5, 5.41) is 11.4. The molecule has 4 aliphatic rings. The number of hydrogen-bond acceptors (Lipinski definition) is 7. The van der Waals surface area contributed by atoms with Crippen molar-refractivity contribution in [3.05, 3.63) is 12.2 Å². The number of nitrogens with one attached hydrogen (secondary N) is 4. The van der Waals surface area contributed by atoms with E-state index in [2.05, 4.69) is 21.3 Å². The molecule has 3 aliphatic carbocycles. The number of rotatable bonds is 13. The van der Waals surface area contributed by atoms with Gasteiger partial charge in [-0.3, -0.25) is 19.2 Å². The Morgan fingerprint density at radius 1 is 0.938 bits per heavy atom. The van der Waals surface area contributed by atoms with Gasteiger partial charge in [0.05, 0.1) is 22.1 Å². The zero-order valence-corrected chi connectivity index (χ0v) is 30.6. The van der Waals surface area contributed by atoms with Crippen molar-refractivity contribution in [2.75, 3.05) is 12.3 Å². The Kier molecular flexibility index (Phi) is 11.4. The van der Waals surface area contributed by atoms with Gasteiger partial charge in [-0.05, 0) is 58.3 Å². The van der Waals surface area contributed by atoms with Crippen molar-refractivity contribution in [2.24, 2.45) is 17.3 Å². The van der Waals surface area contributed by atoms with Crippen LogP contribution in [0, 0.1) is 17.3 Å². The van der Waals surface area contributed by atoms with Crippen LogP contribution in [-0.2, 0) is 29.0 Å². The number of Topliss-reactive ketones (excluding diaryl/α,β-unsaturated/α-hetero) is 1. The molecule has 12 nitrogen and oxygen atoms in total. The lowest BCUT2D eigenvalue weighted by Crippen LogP contribution is -2.63. The highest BCUT2D eigenvalue weighted by Crippen LogP contribution is 2.40. The number of hydrogen-bond donors (Lipinski definition) is 4. The van der Waals surface area contributed by atoms with Crippen LogP contribution < -0.4 is 21.3 Å². The first-order valence-corrected chi connectivity index (χ1v) is 19.4. The second kappa shape index (κ2) is 14.5. The number of fused-ring (bicyclic) bond motifs is 1. The Labute approximate surface area is 286 Å². The summed E-state index contributed by atoms with van der Waals surface area (Å²) < 4.78 is 25.6. The fourth-order valence-electron chi connectivity index (χ4n) is 6.92. The molecule has 1 heterocycles. The van der Waals surface area contributed by atoms with E-state index in [0.29, 0.717) is 25.7 Å². The van der Waals surface area contributed by atoms with E-state index < -0.39 is 73.2 Å². The monoisotopic (exact) mass is 691 g/mol. The predicted octanol–water partition coefficient (Wildman–Crippen LogP) is 3.15. The molecular weight excluding hydrogens is 634 g/mol. The lowest BCUT2D eigenvalue weighted by molar-refractivity contribution is -0.144. The largest absolute Gasteiger partial charge is 0.347 e. The van der Waals surface area contributed by atoms with Crippen molar-refractivity contribution < 1.29 is 32.4 Å². The van der Waals surface area contributed by atoms with E-state index in [0.717, 1.165) is 38.5 Å². The molecule has 3 fully saturated rings. The molecule has 0 spiro atoms. The number of likely N-dealkylation sites (tertiary alicyclic amines) is 1. The minimum absolute atomic E-state index is 0.00251. The summed E-state index contributed by atoms with van der Waals surface area (Å²) >= 11 is 0. The van der Waals surface area contributed by atoms with Gasteiger partial charge >= 0.3 is 6.03 Å². The van der Waals surface area contributed by atoms with Crippen LogP contribution >= 0.6 is 0 Å². The highest BCUT2D eigenvalue weighted by Gasteiger charge is 2.52. The number of urea groups is 1. The van der Waals surface area contributed by atoms with Crippen LogP contribution in [0.15, 0.2) is 12.2 Å². The van der Waals surface area contributed by atoms with Gasteiger partial charge in [0.1, 0.15) is 12.1 Å². The Bertz CT molecular complexity index is 1390. The normalized spacial score (nSPS) is 24.8. The molecular formula is C35H57N5O7S. The van der Waals surface area contributed by atoms with Crippen molar-refractivity contribution in [3.8, 4) is 0 Å². The zero-order valence-electron chi connectivity index (χ0n) is 29.8. The maximum atomic E-state index is 14.4. The molecule has 4 rings (SSSR count). The first-order chi connectivity index (χ1) is 22.3. The molecule has 4 N–H and O–H groups in total. The van der Waals surface area contributed by atoms with Gasteiger partial charge < -0.3 is 26.2 Å². The molecule has 1 aliphatic heterocycles. The Morgan fingerprint density at radius 2 is 1.58 bits per heavy atom. The highest BCUT2D eigenvalue weighted by molar-refractivity contribution is 7.92. The van der Waals surface area contributed by atoms with E-state index in [-0.39, 0.29) is 30.2 Å². The number of amides is 5. The van der Waals surface area contributed by atoms with E-state index in [1.54, 1.807) is 20.8 Å². The molecule has 5 atom stereocenters. The molecule has 1 saturated heterocycles. The SMILES string of the molecule is CCCC[C@@H](NC(=O)[C@@H]1[C@H]2C=C[C@H]2CN1C(=O)[C@@H](NC(=O)NC1(CS(=O)(=O)C(C)(C)C)CCCCC1)C(C)(C)C)C(=O)C(=O)NC1CC1. The molecule has 13 heteroatoms. The van der Waals surface area contributed by atoms with Crippen LogP contribution in [-0.4, -0.2) is 89.6 Å².